The number of aromatic hydroxyl groups is 1. The first-order valence-electron chi connectivity index (χ1n) is 6.31. The van der Waals surface area contributed by atoms with Crippen molar-refractivity contribution in [1.82, 2.24) is 0 Å². The highest BCUT2D eigenvalue weighted by molar-refractivity contribution is 6.02. The van der Waals surface area contributed by atoms with Crippen LogP contribution in [0.3, 0.4) is 0 Å². The van der Waals surface area contributed by atoms with Crippen LogP contribution in [0.2, 0.25) is 0 Å². The summed E-state index contributed by atoms with van der Waals surface area (Å²) < 4.78 is 5.26. The van der Waals surface area contributed by atoms with Gasteiger partial charge in [0.1, 0.15) is 11.5 Å². The molecule has 6 heteroatoms. The monoisotopic (exact) mass is 288 g/mol. The minimum absolute atomic E-state index is 0.0349. The highest BCUT2D eigenvalue weighted by Gasteiger charge is 2.37. The molecule has 0 aliphatic carbocycles. The molecule has 1 aliphatic rings. The maximum absolute atomic E-state index is 11.9. The van der Waals surface area contributed by atoms with Gasteiger partial charge < -0.3 is 21.3 Å². The average Bonchev–Trinajstić information content (AvgIpc) is 2.37. The number of carbonyl (C=O) groups excluding carboxylic acids is 2. The summed E-state index contributed by atoms with van der Waals surface area (Å²) in [4.78, 5) is 23.7. The normalized spacial score (nSPS) is 18.5. The number of nitrogens with two attached hydrogens (primary N) is 2. The highest BCUT2D eigenvalue weighted by Crippen LogP contribution is 2.42. The fourth-order valence-electron chi connectivity index (χ4n) is 2.52. The topological polar surface area (TPSA) is 116 Å². The maximum Gasteiger partial charge on any atom is 0.250 e. The Hall–Kier alpha value is -2.76. The average molecular weight is 288 g/mol. The first-order chi connectivity index (χ1) is 9.84. The number of ether oxygens (including phenoxy) is 1. The zero-order chi connectivity index (χ0) is 15.7. The van der Waals surface area contributed by atoms with Gasteiger partial charge in [-0.2, -0.15) is 0 Å². The first kappa shape index (κ1) is 14.6. The Kier molecular flexibility index (Phi) is 3.71. The molecule has 21 heavy (non-hydrogen) atoms. The van der Waals surface area contributed by atoms with Crippen LogP contribution in [0.25, 0.3) is 0 Å². The summed E-state index contributed by atoms with van der Waals surface area (Å²) in [6, 6.07) is 6.40. The van der Waals surface area contributed by atoms with Crippen molar-refractivity contribution in [1.29, 1.82) is 0 Å². The zero-order valence-corrected chi connectivity index (χ0v) is 11.7. The maximum atomic E-state index is 11.9. The van der Waals surface area contributed by atoms with Crippen molar-refractivity contribution in [3.8, 4) is 5.75 Å². The largest absolute Gasteiger partial charge is 0.508 e. The van der Waals surface area contributed by atoms with E-state index in [2.05, 4.69) is 0 Å². The van der Waals surface area contributed by atoms with Crippen molar-refractivity contribution in [3.05, 3.63) is 52.6 Å². The summed E-state index contributed by atoms with van der Waals surface area (Å²) in [5.41, 5.74) is 11.7. The molecule has 0 aromatic heterocycles. The molecule has 1 atom stereocenters. The molecule has 0 fully saturated rings. The highest BCUT2D eigenvalue weighted by atomic mass is 16.5. The number of rotatable bonds is 3. The van der Waals surface area contributed by atoms with Crippen LogP contribution in [0.4, 0.5) is 0 Å². The number of allylic oxidation sites excluding steroid dienone is 2. The van der Waals surface area contributed by atoms with Crippen LogP contribution < -0.4 is 11.5 Å². The molecule has 0 spiro atoms. The van der Waals surface area contributed by atoms with E-state index in [1.54, 1.807) is 25.1 Å². The van der Waals surface area contributed by atoms with Gasteiger partial charge in [0, 0.05) is 11.1 Å². The molecule has 1 amide bonds. The van der Waals surface area contributed by atoms with Crippen LogP contribution in [0.5, 0.6) is 5.75 Å². The van der Waals surface area contributed by atoms with Gasteiger partial charge in [0.25, 0.3) is 5.91 Å². The van der Waals surface area contributed by atoms with E-state index in [-0.39, 0.29) is 28.6 Å². The van der Waals surface area contributed by atoms with Gasteiger partial charge in [0.15, 0.2) is 11.7 Å². The van der Waals surface area contributed by atoms with E-state index in [1.165, 1.54) is 13.0 Å². The van der Waals surface area contributed by atoms with E-state index in [0.29, 0.717) is 11.3 Å². The second kappa shape index (κ2) is 5.32. The van der Waals surface area contributed by atoms with E-state index in [9.17, 15) is 14.7 Å². The van der Waals surface area contributed by atoms with Gasteiger partial charge in [0.05, 0.1) is 11.5 Å². The Morgan fingerprint density at radius 3 is 2.38 bits per heavy atom. The van der Waals surface area contributed by atoms with Crippen LogP contribution in [0, 0.1) is 0 Å². The minimum Gasteiger partial charge on any atom is -0.508 e. The fraction of sp³-hybridized carbons (Fsp3) is 0.200. The third-order valence-corrected chi connectivity index (χ3v) is 3.38. The zero-order valence-electron chi connectivity index (χ0n) is 11.7. The number of ketones is 1. The number of carbonyl (C=O) groups is 2. The number of benzene rings is 1. The lowest BCUT2D eigenvalue weighted by Crippen LogP contribution is -2.31. The van der Waals surface area contributed by atoms with E-state index in [1.807, 2.05) is 0 Å². The van der Waals surface area contributed by atoms with Crippen molar-refractivity contribution in [3.63, 3.8) is 0 Å². The molecule has 2 rings (SSSR count). The van der Waals surface area contributed by atoms with Crippen molar-refractivity contribution in [2.75, 3.05) is 0 Å². The van der Waals surface area contributed by atoms with Gasteiger partial charge >= 0.3 is 0 Å². The second-order valence-electron chi connectivity index (χ2n) is 4.76. The molecule has 0 saturated heterocycles. The molecular formula is C15H16N2O4. The van der Waals surface area contributed by atoms with Crippen LogP contribution >= 0.6 is 0 Å². The molecule has 0 bridgehead atoms. The van der Waals surface area contributed by atoms with Crippen molar-refractivity contribution >= 4 is 11.7 Å². The Balaban J connectivity index is 2.74. The quantitative estimate of drug-likeness (QED) is 0.768. The Bertz CT molecular complexity index is 653. The number of Topliss-reactive ketones (excluding diaryl/α,β-unsaturated/α-hetero) is 1. The summed E-state index contributed by atoms with van der Waals surface area (Å²) in [5, 5.41) is 10.0. The number of para-hydroxylation sites is 1. The van der Waals surface area contributed by atoms with Gasteiger partial charge in [-0.15, -0.1) is 0 Å². The summed E-state index contributed by atoms with van der Waals surface area (Å²) in [6.45, 7) is 2.93. The van der Waals surface area contributed by atoms with E-state index >= 15 is 0 Å². The molecule has 0 radical (unpaired) electrons. The van der Waals surface area contributed by atoms with Crippen LogP contribution in [-0.4, -0.2) is 16.8 Å². The van der Waals surface area contributed by atoms with Gasteiger partial charge in [-0.1, -0.05) is 18.2 Å². The lowest BCUT2D eigenvalue weighted by molar-refractivity contribution is -0.115. The smallest absolute Gasteiger partial charge is 0.250 e. The number of primary amides is 1. The third-order valence-electron chi connectivity index (χ3n) is 3.38. The van der Waals surface area contributed by atoms with Gasteiger partial charge in [-0.05, 0) is 19.9 Å². The van der Waals surface area contributed by atoms with E-state index in [4.69, 9.17) is 16.2 Å². The molecule has 6 nitrogen and oxygen atoms in total. The van der Waals surface area contributed by atoms with E-state index in [0.717, 1.165) is 0 Å². The second-order valence-corrected chi connectivity index (χ2v) is 4.76. The summed E-state index contributed by atoms with van der Waals surface area (Å²) in [7, 11) is 0. The molecule has 1 aromatic carbocycles. The number of hydrogen-bond donors (Lipinski definition) is 3. The van der Waals surface area contributed by atoms with Gasteiger partial charge in [-0.3, -0.25) is 9.59 Å². The number of phenolic OH excluding ortho intramolecular Hbond substituents is 1. The molecular weight excluding hydrogens is 272 g/mol. The number of hydrogen-bond acceptors (Lipinski definition) is 5. The predicted octanol–water partition coefficient (Wildman–Crippen LogP) is 1.02. The SMILES string of the molecule is CC(=O)C1=C(C)OC(N)=C(C(N)=O)C1c1ccccc1O. The van der Waals surface area contributed by atoms with Crippen LogP contribution in [-0.2, 0) is 14.3 Å². The predicted molar refractivity (Wildman–Crippen MR) is 75.7 cm³/mol. The van der Waals surface area contributed by atoms with Crippen LogP contribution in [0.15, 0.2) is 47.1 Å². The first-order valence-corrected chi connectivity index (χ1v) is 6.31. The lowest BCUT2D eigenvalue weighted by Gasteiger charge is -2.28. The molecule has 110 valence electrons. The summed E-state index contributed by atoms with van der Waals surface area (Å²) in [6.07, 6.45) is 0. The van der Waals surface area contributed by atoms with Crippen LogP contribution in [0.1, 0.15) is 25.3 Å². The minimum atomic E-state index is -0.838. The van der Waals surface area contributed by atoms with Crippen molar-refractivity contribution < 1.29 is 19.4 Å². The Morgan fingerprint density at radius 2 is 1.86 bits per heavy atom. The van der Waals surface area contributed by atoms with Crippen molar-refractivity contribution in [2.24, 2.45) is 11.5 Å². The third kappa shape index (κ3) is 2.47. The van der Waals surface area contributed by atoms with Crippen molar-refractivity contribution in [2.45, 2.75) is 19.8 Å². The Morgan fingerprint density at radius 1 is 1.24 bits per heavy atom. The molecule has 1 aliphatic heterocycles. The van der Waals surface area contributed by atoms with Gasteiger partial charge in [-0.25, -0.2) is 0 Å². The fourth-order valence-corrected chi connectivity index (χ4v) is 2.52. The standard InChI is InChI=1S/C15H16N2O4/c1-7(18)11-8(2)21-15(17)13(14(16)20)12(11)9-5-3-4-6-10(9)19/h3-6,12,19H,17H2,1-2H3,(H2,16,20). The molecule has 5 N–H and O–H groups in total. The molecule has 1 aromatic rings. The lowest BCUT2D eigenvalue weighted by atomic mass is 9.80. The summed E-state index contributed by atoms with van der Waals surface area (Å²) in [5.74, 6) is -1.84. The number of amides is 1. The molecule has 1 unspecified atom stereocenters. The molecule has 0 saturated carbocycles. The summed E-state index contributed by atoms with van der Waals surface area (Å²) >= 11 is 0. The van der Waals surface area contributed by atoms with E-state index < -0.39 is 11.8 Å². The molecule has 1 heterocycles. The Labute approximate surface area is 121 Å². The van der Waals surface area contributed by atoms with Gasteiger partial charge in [0.2, 0.25) is 0 Å². The number of phenols is 1.